The molecule has 0 bridgehead atoms. The second-order valence-electron chi connectivity index (χ2n) is 0.866. The first-order valence-corrected chi connectivity index (χ1v) is 1.51. The third-order valence-electron chi connectivity index (χ3n) is 0.444. The van der Waals surface area contributed by atoms with E-state index in [4.69, 9.17) is 1.37 Å². The van der Waals surface area contributed by atoms with Crippen molar-refractivity contribution in [3.8, 4) is 5.95 Å². The van der Waals surface area contributed by atoms with Gasteiger partial charge in [0.25, 0.3) is 0 Å². The lowest BCUT2D eigenvalue weighted by molar-refractivity contribution is -0.293. The molecule has 1 heterocycles. The van der Waals surface area contributed by atoms with Crippen LogP contribution in [0.25, 0.3) is 0 Å². The van der Waals surface area contributed by atoms with Crippen LogP contribution in [-0.4, -0.2) is 0 Å². The van der Waals surface area contributed by atoms with E-state index >= 15 is 0 Å². The second-order valence-corrected chi connectivity index (χ2v) is 0.866. The summed E-state index contributed by atoms with van der Waals surface area (Å²) in [5.41, 5.74) is 0. The molecule has 0 aliphatic heterocycles. The molecule has 0 amide bonds. The van der Waals surface area contributed by atoms with Crippen molar-refractivity contribution in [1.82, 2.24) is 0 Å². The quantitative estimate of drug-likeness (QED) is 0.454. The van der Waals surface area contributed by atoms with Gasteiger partial charge >= 0.3 is 0 Å². The molecule has 2 heteroatoms. The number of rotatable bonds is 0. The average molecular weight is 84.1 g/mol. The molecule has 0 fully saturated rings. The second kappa shape index (κ2) is 1.05. The average Bonchev–Trinajstić information content (AvgIpc) is 1.87. The van der Waals surface area contributed by atoms with Crippen LogP contribution in [0.4, 0.5) is 0 Å². The highest BCUT2D eigenvalue weighted by Gasteiger charge is 1.66. The van der Waals surface area contributed by atoms with E-state index in [1.807, 2.05) is 0 Å². The monoisotopic (exact) mass is 84.0 g/mol. The first-order valence-electron chi connectivity index (χ1n) is 2.01. The van der Waals surface area contributed by atoms with Gasteiger partial charge in [-0.1, -0.05) is 6.04 Å². The summed E-state index contributed by atoms with van der Waals surface area (Å²) in [6.45, 7) is 0. The van der Waals surface area contributed by atoms with Crippen LogP contribution in [0.3, 0.4) is 0 Å². The fourth-order valence-corrected chi connectivity index (χ4v) is 0.228. The van der Waals surface area contributed by atoms with Gasteiger partial charge in [0, 0.05) is 0 Å². The van der Waals surface area contributed by atoms with E-state index in [0.717, 1.165) is 12.3 Å². The predicted octanol–water partition coefficient (Wildman–Crippen LogP) is 0.353. The number of hydrogen-bond acceptors (Lipinski definition) is 2. The van der Waals surface area contributed by atoms with E-state index in [2.05, 4.69) is 4.42 Å². The van der Waals surface area contributed by atoms with Crippen molar-refractivity contribution in [1.29, 1.82) is 0 Å². The molecule has 0 aromatic carbocycles. The van der Waals surface area contributed by atoms with Crippen LogP contribution in [0.2, 0.25) is 0 Å². The van der Waals surface area contributed by atoms with Gasteiger partial charge in [-0.05, 0) is 12.3 Å². The van der Waals surface area contributed by atoms with Crippen LogP contribution in [0.1, 0.15) is 1.37 Å². The summed E-state index contributed by atoms with van der Waals surface area (Å²) in [6.07, 6.45) is 1.10. The van der Waals surface area contributed by atoms with Gasteiger partial charge in [-0.2, -0.15) is 0 Å². The molecule has 0 saturated heterocycles. The van der Waals surface area contributed by atoms with Gasteiger partial charge in [-0.3, -0.25) is 0 Å². The van der Waals surface area contributed by atoms with Crippen LogP contribution in [0.5, 0.6) is 5.95 Å². The Balaban J connectivity index is 3.04. The largest absolute Gasteiger partial charge is 0.587 e. The summed E-state index contributed by atoms with van der Waals surface area (Å²) in [6, 6.07) is 1.24. The van der Waals surface area contributed by atoms with Crippen LogP contribution in [0, 0.1) is 0 Å². The molecule has 1 aromatic rings. The highest BCUT2D eigenvalue weighted by Crippen LogP contribution is 1.99. The van der Waals surface area contributed by atoms with Crippen molar-refractivity contribution in [2.75, 3.05) is 0 Å². The molecule has 0 atom stereocenters. The molecule has 6 heavy (non-hydrogen) atoms. The van der Waals surface area contributed by atoms with Gasteiger partial charge in [-0.15, -0.1) is 0 Å². The van der Waals surface area contributed by atoms with E-state index < -0.39 is 5.95 Å². The first-order chi connectivity index (χ1) is 3.29. The van der Waals surface area contributed by atoms with Crippen molar-refractivity contribution < 1.29 is 10.9 Å². The summed E-state index contributed by atoms with van der Waals surface area (Å²) in [4.78, 5) is 0. The van der Waals surface area contributed by atoms with Gasteiger partial charge in [-0.25, -0.2) is 0 Å². The molecule has 0 N–H and O–H groups in total. The van der Waals surface area contributed by atoms with Crippen molar-refractivity contribution >= 4 is 0 Å². The molecule has 1 aromatic heterocycles. The van der Waals surface area contributed by atoms with Crippen molar-refractivity contribution in [3.05, 3.63) is 18.4 Å². The Morgan fingerprint density at radius 3 is 3.00 bits per heavy atom. The minimum atomic E-state index is -0.454. The maximum Gasteiger partial charge on any atom is 0.0629 e. The highest BCUT2D eigenvalue weighted by atomic mass is 16.5. The maximum absolute atomic E-state index is 10.0. The molecular weight excluding hydrogens is 80.0 g/mol. The fourth-order valence-electron chi connectivity index (χ4n) is 0.228. The molecule has 1 rings (SSSR count). The predicted molar refractivity (Wildman–Crippen MR) is 18.2 cm³/mol. The molecule has 0 unspecified atom stereocenters. The summed E-state index contributed by atoms with van der Waals surface area (Å²) < 4.78 is 10.9. The third kappa shape index (κ3) is 0.360. The van der Waals surface area contributed by atoms with E-state index in [-0.39, 0.29) is 6.04 Å². The van der Waals surface area contributed by atoms with E-state index in [9.17, 15) is 5.11 Å². The van der Waals surface area contributed by atoms with Gasteiger partial charge < -0.3 is 9.52 Å². The lowest BCUT2D eigenvalue weighted by Crippen LogP contribution is -1.82. The van der Waals surface area contributed by atoms with Crippen LogP contribution in [-0.2, 0) is 0 Å². The summed E-state index contributed by atoms with van der Waals surface area (Å²) in [5, 5.41) is 10.0. The molecule has 0 radical (unpaired) electrons. The molecule has 0 saturated carbocycles. The van der Waals surface area contributed by atoms with Crippen LogP contribution < -0.4 is 5.11 Å². The Kier molecular flexibility index (Phi) is 0.399. The van der Waals surface area contributed by atoms with Crippen LogP contribution in [0.15, 0.2) is 22.8 Å². The summed E-state index contributed by atoms with van der Waals surface area (Å²) in [7, 11) is 0. The topological polar surface area (TPSA) is 36.2 Å². The normalized spacial score (nSPS) is 11.0. The Morgan fingerprint density at radius 1 is 2.00 bits per heavy atom. The lowest BCUT2D eigenvalue weighted by Gasteiger charge is -1.84. The molecule has 0 aliphatic carbocycles. The summed E-state index contributed by atoms with van der Waals surface area (Å²) in [5.74, 6) is -0.454. The van der Waals surface area contributed by atoms with Gasteiger partial charge in [0.15, 0.2) is 0 Å². The Bertz CT molecular complexity index is 142. The Labute approximate surface area is 36.4 Å². The van der Waals surface area contributed by atoms with Crippen molar-refractivity contribution in [3.63, 3.8) is 0 Å². The minimum absolute atomic E-state index is 0.130. The Hall–Kier alpha value is -0.920. The number of hydrogen-bond donors (Lipinski definition) is 0. The van der Waals surface area contributed by atoms with Crippen molar-refractivity contribution in [2.45, 2.75) is 0 Å². The van der Waals surface area contributed by atoms with Gasteiger partial charge in [0.2, 0.25) is 0 Å². The highest BCUT2D eigenvalue weighted by molar-refractivity contribution is 4.98. The third-order valence-corrected chi connectivity index (χ3v) is 0.444. The zero-order valence-electron chi connectivity index (χ0n) is 3.97. The van der Waals surface area contributed by atoms with E-state index in [1.165, 1.54) is 0 Å². The molecule has 0 aliphatic rings. The fraction of sp³-hybridized carbons (Fsp3) is 0. The molecular formula is C4H3O2-. The Morgan fingerprint density at radius 2 is 2.83 bits per heavy atom. The summed E-state index contributed by atoms with van der Waals surface area (Å²) >= 11 is 0. The zero-order chi connectivity index (χ0) is 5.28. The van der Waals surface area contributed by atoms with E-state index in [0.29, 0.717) is 0 Å². The van der Waals surface area contributed by atoms with Gasteiger partial charge in [0.05, 0.1) is 7.32 Å². The van der Waals surface area contributed by atoms with Crippen molar-refractivity contribution in [2.24, 2.45) is 0 Å². The molecule has 0 spiro atoms. The van der Waals surface area contributed by atoms with E-state index in [1.54, 1.807) is 0 Å². The maximum atomic E-state index is 10.0. The molecule has 2 nitrogen and oxygen atoms in total. The molecule has 32 valence electrons. The number of furan rings is 1. The lowest BCUT2D eigenvalue weighted by atomic mass is 10.7. The standard InChI is InChI=1S/C4H4O2/c5-4-2-1-3-6-4/h1-3,5H/p-1/i1D. The first kappa shape index (κ1) is 2.29. The zero-order valence-corrected chi connectivity index (χ0v) is 2.97. The van der Waals surface area contributed by atoms with Crippen LogP contribution >= 0.6 is 0 Å². The SMILES string of the molecule is [2H]c1coc([O-])c1. The van der Waals surface area contributed by atoms with Gasteiger partial charge in [0.1, 0.15) is 0 Å². The minimum Gasteiger partial charge on any atom is -0.587 e. The smallest absolute Gasteiger partial charge is 0.0629 e.